The van der Waals surface area contributed by atoms with E-state index in [0.29, 0.717) is 11.1 Å². The van der Waals surface area contributed by atoms with Gasteiger partial charge in [0.2, 0.25) is 0 Å². The average Bonchev–Trinajstić information content (AvgIpc) is 2.64. The molecule has 0 unspecified atom stereocenters. The summed E-state index contributed by atoms with van der Waals surface area (Å²) in [5.41, 5.74) is 2.84. The van der Waals surface area contributed by atoms with Gasteiger partial charge in [0.15, 0.2) is 0 Å². The Hall–Kier alpha value is -3.26. The first-order valence-corrected chi connectivity index (χ1v) is 7.72. The van der Waals surface area contributed by atoms with Crippen LogP contribution in [0.3, 0.4) is 0 Å². The zero-order chi connectivity index (χ0) is 18.1. The molecule has 25 heavy (non-hydrogen) atoms. The number of hydrogen-bond acceptors (Lipinski definition) is 4. The molecule has 0 aliphatic heterocycles. The Bertz CT molecular complexity index is 803. The Morgan fingerprint density at radius 1 is 1.12 bits per heavy atom. The molecule has 2 aromatic rings. The van der Waals surface area contributed by atoms with Crippen molar-refractivity contribution < 1.29 is 19.1 Å². The summed E-state index contributed by atoms with van der Waals surface area (Å²) in [5, 5.41) is 2.55. The van der Waals surface area contributed by atoms with E-state index in [9.17, 15) is 9.59 Å². The number of nitrogens with one attached hydrogen (secondary N) is 1. The van der Waals surface area contributed by atoms with E-state index in [1.54, 1.807) is 12.1 Å². The highest BCUT2D eigenvalue weighted by molar-refractivity contribution is 5.92. The highest BCUT2D eigenvalue weighted by atomic mass is 16.5. The average molecular weight is 337 g/mol. The summed E-state index contributed by atoms with van der Waals surface area (Å²) in [6.07, 6.45) is -0.546. The van der Waals surface area contributed by atoms with Gasteiger partial charge in [0, 0.05) is 5.56 Å². The van der Waals surface area contributed by atoms with Crippen LogP contribution in [0.5, 0.6) is 0 Å². The first kappa shape index (κ1) is 18.1. The number of amides is 1. The van der Waals surface area contributed by atoms with E-state index in [1.807, 2.05) is 43.3 Å². The molecular formula is C20H19NO4. The van der Waals surface area contributed by atoms with Crippen LogP contribution in [-0.4, -0.2) is 25.7 Å². The first-order valence-electron chi connectivity index (χ1n) is 7.72. The minimum absolute atomic E-state index is 0.113. The fourth-order valence-electron chi connectivity index (χ4n) is 2.08. The molecule has 128 valence electrons. The van der Waals surface area contributed by atoms with Crippen molar-refractivity contribution >= 4 is 12.1 Å². The Kier molecular flexibility index (Phi) is 6.61. The van der Waals surface area contributed by atoms with E-state index >= 15 is 0 Å². The predicted molar refractivity (Wildman–Crippen MR) is 94.0 cm³/mol. The van der Waals surface area contributed by atoms with Crippen molar-refractivity contribution in [2.24, 2.45) is 0 Å². The fourth-order valence-corrected chi connectivity index (χ4v) is 2.08. The van der Waals surface area contributed by atoms with Crippen molar-refractivity contribution in [3.05, 3.63) is 70.8 Å². The smallest absolute Gasteiger partial charge is 0.408 e. The van der Waals surface area contributed by atoms with Crippen molar-refractivity contribution in [3.8, 4) is 11.8 Å². The Labute approximate surface area is 147 Å². The number of methoxy groups -OCH3 is 1. The van der Waals surface area contributed by atoms with Crippen LogP contribution in [0.25, 0.3) is 0 Å². The molecule has 0 radical (unpaired) electrons. The summed E-state index contributed by atoms with van der Waals surface area (Å²) in [6.45, 7) is 2.22. The lowest BCUT2D eigenvalue weighted by Gasteiger charge is -2.05. The number of rotatable bonds is 4. The highest BCUT2D eigenvalue weighted by Gasteiger charge is 2.10. The second kappa shape index (κ2) is 9.14. The van der Waals surface area contributed by atoms with Gasteiger partial charge in [0.25, 0.3) is 0 Å². The monoisotopic (exact) mass is 337 g/mol. The van der Waals surface area contributed by atoms with E-state index in [2.05, 4.69) is 17.2 Å². The van der Waals surface area contributed by atoms with Crippen LogP contribution in [0.4, 0.5) is 4.79 Å². The molecule has 0 atom stereocenters. The molecular weight excluding hydrogens is 318 g/mol. The lowest BCUT2D eigenvalue weighted by molar-refractivity contribution is 0.0600. The topological polar surface area (TPSA) is 64.6 Å². The summed E-state index contributed by atoms with van der Waals surface area (Å²) in [4.78, 5) is 23.4. The molecule has 0 aromatic heterocycles. The maximum absolute atomic E-state index is 11.7. The number of benzene rings is 2. The number of hydrogen-bond donors (Lipinski definition) is 1. The van der Waals surface area contributed by atoms with Crippen LogP contribution < -0.4 is 5.32 Å². The van der Waals surface area contributed by atoms with E-state index < -0.39 is 12.1 Å². The number of aryl methyl sites for hydroxylation is 1. The molecule has 0 aliphatic carbocycles. The van der Waals surface area contributed by atoms with Crippen molar-refractivity contribution in [1.82, 2.24) is 5.32 Å². The lowest BCUT2D eigenvalue weighted by Crippen LogP contribution is -2.24. The molecule has 2 aromatic carbocycles. The van der Waals surface area contributed by atoms with Gasteiger partial charge in [-0.25, -0.2) is 9.59 Å². The van der Waals surface area contributed by atoms with Gasteiger partial charge < -0.3 is 14.8 Å². The molecule has 5 heteroatoms. The van der Waals surface area contributed by atoms with Gasteiger partial charge in [-0.05, 0) is 30.2 Å². The molecule has 1 N–H and O–H groups in total. The Balaban J connectivity index is 1.89. The zero-order valence-electron chi connectivity index (χ0n) is 14.2. The number of ether oxygens (including phenoxy) is 2. The third kappa shape index (κ3) is 5.70. The molecule has 0 saturated carbocycles. The van der Waals surface area contributed by atoms with Gasteiger partial charge >= 0.3 is 12.1 Å². The van der Waals surface area contributed by atoms with Gasteiger partial charge in [0.1, 0.15) is 6.61 Å². The van der Waals surface area contributed by atoms with Crippen molar-refractivity contribution in [3.63, 3.8) is 0 Å². The Morgan fingerprint density at radius 3 is 2.60 bits per heavy atom. The third-order valence-corrected chi connectivity index (χ3v) is 3.34. The number of carbonyl (C=O) groups excluding carboxylic acids is 2. The van der Waals surface area contributed by atoms with Crippen molar-refractivity contribution in [2.75, 3.05) is 13.7 Å². The summed E-state index contributed by atoms with van der Waals surface area (Å²) in [7, 11) is 1.32. The minimum atomic E-state index is -0.546. The van der Waals surface area contributed by atoms with Gasteiger partial charge in [-0.3, -0.25) is 0 Å². The van der Waals surface area contributed by atoms with Crippen molar-refractivity contribution in [1.29, 1.82) is 0 Å². The van der Waals surface area contributed by atoms with Crippen molar-refractivity contribution in [2.45, 2.75) is 13.5 Å². The first-order chi connectivity index (χ1) is 12.1. The fraction of sp³-hybridized carbons (Fsp3) is 0.200. The Morgan fingerprint density at radius 2 is 1.88 bits per heavy atom. The van der Waals surface area contributed by atoms with E-state index in [-0.39, 0.29) is 13.2 Å². The predicted octanol–water partition coefficient (Wildman–Crippen LogP) is 3.06. The summed E-state index contributed by atoms with van der Waals surface area (Å²) < 4.78 is 9.83. The standard InChI is InChI=1S/C20H19NO4/c1-15-10-11-18(19(22)24-2)17(13-15)9-6-12-21-20(23)25-14-16-7-4-3-5-8-16/h3-5,7-8,10-11,13H,12,14H2,1-2H3,(H,21,23). The van der Waals surface area contributed by atoms with Crippen LogP contribution in [-0.2, 0) is 16.1 Å². The molecule has 0 saturated heterocycles. The van der Waals surface area contributed by atoms with E-state index in [0.717, 1.165) is 11.1 Å². The lowest BCUT2D eigenvalue weighted by atomic mass is 10.0. The summed E-state index contributed by atoms with van der Waals surface area (Å²) in [6, 6.07) is 14.7. The molecule has 0 spiro atoms. The number of alkyl carbamates (subject to hydrolysis) is 1. The van der Waals surface area contributed by atoms with Crippen LogP contribution in [0.2, 0.25) is 0 Å². The second-order valence-electron chi connectivity index (χ2n) is 5.26. The zero-order valence-corrected chi connectivity index (χ0v) is 14.2. The van der Waals surface area contributed by atoms with Crippen LogP contribution in [0.1, 0.15) is 27.0 Å². The van der Waals surface area contributed by atoms with Crippen LogP contribution >= 0.6 is 0 Å². The molecule has 1 amide bonds. The third-order valence-electron chi connectivity index (χ3n) is 3.34. The quantitative estimate of drug-likeness (QED) is 0.688. The molecule has 5 nitrogen and oxygen atoms in total. The maximum Gasteiger partial charge on any atom is 0.408 e. The van der Waals surface area contributed by atoms with Gasteiger partial charge in [-0.15, -0.1) is 0 Å². The van der Waals surface area contributed by atoms with Gasteiger partial charge in [0.05, 0.1) is 19.2 Å². The number of esters is 1. The molecule has 0 bridgehead atoms. The normalized spacial score (nSPS) is 9.52. The summed E-state index contributed by atoms with van der Waals surface area (Å²) >= 11 is 0. The van der Waals surface area contributed by atoms with Gasteiger partial charge in [-0.1, -0.05) is 48.2 Å². The second-order valence-corrected chi connectivity index (χ2v) is 5.26. The van der Waals surface area contributed by atoms with Crippen LogP contribution in [0, 0.1) is 18.8 Å². The minimum Gasteiger partial charge on any atom is -0.465 e. The largest absolute Gasteiger partial charge is 0.465 e. The molecule has 2 rings (SSSR count). The molecule has 0 fully saturated rings. The molecule has 0 aliphatic rings. The number of carbonyl (C=O) groups is 2. The molecule has 0 heterocycles. The van der Waals surface area contributed by atoms with E-state index in [1.165, 1.54) is 7.11 Å². The van der Waals surface area contributed by atoms with Crippen LogP contribution in [0.15, 0.2) is 48.5 Å². The van der Waals surface area contributed by atoms with E-state index in [4.69, 9.17) is 9.47 Å². The SMILES string of the molecule is COC(=O)c1ccc(C)cc1C#CCNC(=O)OCc1ccccc1. The highest BCUT2D eigenvalue weighted by Crippen LogP contribution is 2.11. The van der Waals surface area contributed by atoms with Gasteiger partial charge in [-0.2, -0.15) is 0 Å². The maximum atomic E-state index is 11.7. The summed E-state index contributed by atoms with van der Waals surface area (Å²) in [5.74, 6) is 5.24.